The van der Waals surface area contributed by atoms with Crippen molar-refractivity contribution < 1.29 is 9.34 Å². The van der Waals surface area contributed by atoms with Crippen molar-refractivity contribution in [2.24, 2.45) is 0 Å². The predicted octanol–water partition coefficient (Wildman–Crippen LogP) is 3.75. The number of benzene rings is 2. The molecule has 0 unspecified atom stereocenters. The Morgan fingerprint density at radius 2 is 1.95 bits per heavy atom. The van der Waals surface area contributed by atoms with E-state index in [1.807, 2.05) is 0 Å². The topological polar surface area (TPSA) is 73.3 Å². The highest BCUT2D eigenvalue weighted by molar-refractivity contribution is 9.08. The molecule has 0 saturated heterocycles. The van der Waals surface area contributed by atoms with Gasteiger partial charge < -0.3 is 4.42 Å². The van der Waals surface area contributed by atoms with Crippen LogP contribution in [0.15, 0.2) is 45.6 Å². The molecule has 1 heterocycles. The van der Waals surface area contributed by atoms with Crippen LogP contribution in [0.4, 0.5) is 5.69 Å². The second-order valence-corrected chi connectivity index (χ2v) is 4.83. The molecule has 0 aliphatic rings. The van der Waals surface area contributed by atoms with Gasteiger partial charge in [0.2, 0.25) is 11.0 Å². The second kappa shape index (κ2) is 4.72. The molecule has 0 spiro atoms. The third-order valence-electron chi connectivity index (χ3n) is 3.13. The van der Waals surface area contributed by atoms with Gasteiger partial charge in [-0.15, -0.1) is 0 Å². The van der Waals surface area contributed by atoms with Gasteiger partial charge in [0.05, 0.1) is 15.7 Å². The first-order valence-corrected chi connectivity index (χ1v) is 6.93. The zero-order chi connectivity index (χ0) is 14.3. The molecule has 0 amide bonds. The lowest BCUT2D eigenvalue weighted by Crippen LogP contribution is -2.06. The van der Waals surface area contributed by atoms with E-state index in [9.17, 15) is 14.9 Å². The molecule has 0 fully saturated rings. The van der Waals surface area contributed by atoms with Crippen LogP contribution >= 0.6 is 15.9 Å². The minimum Gasteiger partial charge on any atom is -0.449 e. The monoisotopic (exact) mass is 333 g/mol. The Morgan fingerprint density at radius 3 is 2.65 bits per heavy atom. The normalized spacial score (nSPS) is 11.1. The highest BCUT2D eigenvalue weighted by atomic mass is 79.9. The number of nitro groups is 1. The van der Waals surface area contributed by atoms with Gasteiger partial charge in [-0.05, 0) is 17.7 Å². The third-order valence-corrected chi connectivity index (χ3v) is 3.74. The molecular formula is C14H8BrNO4. The summed E-state index contributed by atoms with van der Waals surface area (Å²) < 4.78 is 5.60. The number of nitrogens with zero attached hydrogens (tertiary/aromatic N) is 1. The Morgan fingerprint density at radius 1 is 1.20 bits per heavy atom. The highest BCUT2D eigenvalue weighted by Crippen LogP contribution is 2.30. The van der Waals surface area contributed by atoms with Crippen molar-refractivity contribution in [2.45, 2.75) is 5.33 Å². The molecule has 20 heavy (non-hydrogen) atoms. The van der Waals surface area contributed by atoms with Crippen molar-refractivity contribution in [1.82, 2.24) is 0 Å². The summed E-state index contributed by atoms with van der Waals surface area (Å²) in [4.78, 5) is 23.1. The fourth-order valence-corrected chi connectivity index (χ4v) is 2.67. The number of fused-ring (bicyclic) bond motifs is 2. The van der Waals surface area contributed by atoms with E-state index in [0.717, 1.165) is 0 Å². The molecule has 3 rings (SSSR count). The van der Waals surface area contributed by atoms with Crippen LogP contribution in [0, 0.1) is 10.1 Å². The lowest BCUT2D eigenvalue weighted by molar-refractivity contribution is -0.383. The number of para-hydroxylation sites is 1. The van der Waals surface area contributed by atoms with Crippen molar-refractivity contribution in [3.8, 4) is 0 Å². The van der Waals surface area contributed by atoms with Crippen LogP contribution in [0.2, 0.25) is 0 Å². The number of alkyl halides is 1. The number of nitro benzene ring substituents is 1. The van der Waals surface area contributed by atoms with Crippen LogP contribution in [-0.2, 0) is 5.33 Å². The summed E-state index contributed by atoms with van der Waals surface area (Å²) in [6.07, 6.45) is 0. The van der Waals surface area contributed by atoms with E-state index in [-0.39, 0.29) is 22.1 Å². The third kappa shape index (κ3) is 1.80. The Hall–Kier alpha value is -2.21. The number of rotatable bonds is 2. The summed E-state index contributed by atoms with van der Waals surface area (Å²) in [6, 6.07) is 9.66. The number of hydrogen-bond acceptors (Lipinski definition) is 4. The summed E-state index contributed by atoms with van der Waals surface area (Å²) >= 11 is 3.29. The summed E-state index contributed by atoms with van der Waals surface area (Å²) in [5, 5.41) is 12.2. The Bertz CT molecular complexity index is 901. The number of non-ortho nitro benzene ring substituents is 1. The van der Waals surface area contributed by atoms with Crippen LogP contribution in [0.25, 0.3) is 21.9 Å². The fraction of sp³-hybridized carbons (Fsp3) is 0.0714. The van der Waals surface area contributed by atoms with E-state index in [4.69, 9.17) is 4.42 Å². The summed E-state index contributed by atoms with van der Waals surface area (Å²) in [7, 11) is 0. The molecule has 0 aliphatic carbocycles. The standard InChI is InChI=1S/C14H8BrNO4/c15-7-8-5-6-10(16(18)19)14-12(8)13(17)9-3-1-2-4-11(9)20-14/h1-6H,7H2. The molecule has 0 bridgehead atoms. The molecule has 0 radical (unpaired) electrons. The minimum atomic E-state index is -0.544. The van der Waals surface area contributed by atoms with Crippen LogP contribution in [0.1, 0.15) is 5.56 Å². The molecule has 0 saturated carbocycles. The van der Waals surface area contributed by atoms with Gasteiger partial charge in [-0.1, -0.05) is 34.1 Å². The van der Waals surface area contributed by atoms with Crippen molar-refractivity contribution in [2.75, 3.05) is 0 Å². The molecule has 0 N–H and O–H groups in total. The van der Waals surface area contributed by atoms with Gasteiger partial charge in [0, 0.05) is 11.4 Å². The maximum absolute atomic E-state index is 12.5. The summed E-state index contributed by atoms with van der Waals surface area (Å²) in [6.45, 7) is 0. The largest absolute Gasteiger partial charge is 0.449 e. The first kappa shape index (κ1) is 12.8. The van der Waals surface area contributed by atoms with Crippen LogP contribution in [-0.4, -0.2) is 4.92 Å². The van der Waals surface area contributed by atoms with Gasteiger partial charge in [-0.2, -0.15) is 0 Å². The SMILES string of the molecule is O=c1c2ccccc2oc2c([N+](=O)[O-])ccc(CBr)c12. The molecule has 2 aromatic carbocycles. The maximum Gasteiger partial charge on any atom is 0.312 e. The van der Waals surface area contributed by atoms with Gasteiger partial charge in [0.25, 0.3) is 0 Å². The molecule has 1 aromatic heterocycles. The number of hydrogen-bond donors (Lipinski definition) is 0. The van der Waals surface area contributed by atoms with Crippen LogP contribution in [0.3, 0.4) is 0 Å². The lowest BCUT2D eigenvalue weighted by Gasteiger charge is -2.05. The van der Waals surface area contributed by atoms with Gasteiger partial charge in [-0.3, -0.25) is 14.9 Å². The molecule has 5 nitrogen and oxygen atoms in total. The average Bonchev–Trinajstić information content (AvgIpc) is 2.46. The fourth-order valence-electron chi connectivity index (χ4n) is 2.21. The second-order valence-electron chi connectivity index (χ2n) is 4.27. The van der Waals surface area contributed by atoms with E-state index in [1.165, 1.54) is 6.07 Å². The van der Waals surface area contributed by atoms with E-state index in [1.54, 1.807) is 30.3 Å². The van der Waals surface area contributed by atoms with Gasteiger partial charge >= 0.3 is 5.69 Å². The molecule has 0 aliphatic heterocycles. The zero-order valence-corrected chi connectivity index (χ0v) is 11.7. The van der Waals surface area contributed by atoms with E-state index < -0.39 is 4.92 Å². The van der Waals surface area contributed by atoms with Crippen LogP contribution in [0.5, 0.6) is 0 Å². The summed E-state index contributed by atoms with van der Waals surface area (Å²) in [5.41, 5.74) is 0.591. The van der Waals surface area contributed by atoms with E-state index >= 15 is 0 Å². The average molecular weight is 334 g/mol. The lowest BCUT2D eigenvalue weighted by atomic mass is 10.1. The molecule has 6 heteroatoms. The quantitative estimate of drug-likeness (QED) is 0.310. The number of halogens is 1. The minimum absolute atomic E-state index is 0.0238. The van der Waals surface area contributed by atoms with Crippen molar-refractivity contribution in [1.29, 1.82) is 0 Å². The van der Waals surface area contributed by atoms with E-state index in [0.29, 0.717) is 21.9 Å². The molecule has 100 valence electrons. The van der Waals surface area contributed by atoms with Crippen molar-refractivity contribution in [3.63, 3.8) is 0 Å². The van der Waals surface area contributed by atoms with Crippen LogP contribution < -0.4 is 5.43 Å². The Labute approximate surface area is 121 Å². The summed E-state index contributed by atoms with van der Waals surface area (Å²) in [5.74, 6) is 0. The highest BCUT2D eigenvalue weighted by Gasteiger charge is 2.20. The maximum atomic E-state index is 12.5. The Kier molecular flexibility index (Phi) is 3.02. The first-order valence-electron chi connectivity index (χ1n) is 5.81. The predicted molar refractivity (Wildman–Crippen MR) is 79.3 cm³/mol. The smallest absolute Gasteiger partial charge is 0.312 e. The van der Waals surface area contributed by atoms with Gasteiger partial charge in [0.1, 0.15) is 5.58 Å². The molecule has 0 atom stereocenters. The zero-order valence-electron chi connectivity index (χ0n) is 10.1. The van der Waals surface area contributed by atoms with Crippen molar-refractivity contribution in [3.05, 3.63) is 62.3 Å². The molecular weight excluding hydrogens is 326 g/mol. The Balaban J connectivity index is 2.62. The first-order chi connectivity index (χ1) is 9.63. The van der Waals surface area contributed by atoms with E-state index in [2.05, 4.69) is 15.9 Å². The molecule has 3 aromatic rings. The van der Waals surface area contributed by atoms with Crippen molar-refractivity contribution >= 4 is 43.6 Å². The van der Waals surface area contributed by atoms with Gasteiger partial charge in [-0.25, -0.2) is 0 Å². The van der Waals surface area contributed by atoms with Gasteiger partial charge in [0.15, 0.2) is 0 Å².